The number of hydrogen-bond acceptors (Lipinski definition) is 7. The van der Waals surface area contributed by atoms with Crippen molar-refractivity contribution in [2.45, 2.75) is 90.6 Å². The summed E-state index contributed by atoms with van der Waals surface area (Å²) >= 11 is 0. The molecule has 2 heterocycles. The van der Waals surface area contributed by atoms with Crippen molar-refractivity contribution in [2.75, 3.05) is 11.9 Å². The van der Waals surface area contributed by atoms with Gasteiger partial charge in [0.2, 0.25) is 0 Å². The van der Waals surface area contributed by atoms with Crippen molar-refractivity contribution in [3.63, 3.8) is 0 Å². The number of alkyl carbamates (subject to hydrolysis) is 1. The second kappa shape index (κ2) is 14.0. The lowest BCUT2D eigenvalue weighted by Gasteiger charge is -2.41. The van der Waals surface area contributed by atoms with Gasteiger partial charge in [-0.3, -0.25) is 9.36 Å². The zero-order valence-corrected chi connectivity index (χ0v) is 23.3. The molecule has 0 spiro atoms. The second-order valence-electron chi connectivity index (χ2n) is 10.5. The molecule has 2 aromatic heterocycles. The monoisotopic (exact) mass is 535 g/mol. The molecule has 0 aliphatic heterocycles. The van der Waals surface area contributed by atoms with Gasteiger partial charge in [0, 0.05) is 31.7 Å². The molecule has 1 amide bonds. The Kier molecular flexibility index (Phi) is 10.2. The quantitative estimate of drug-likeness (QED) is 0.260. The third kappa shape index (κ3) is 7.71. The molecule has 4 rings (SSSR count). The molecule has 1 atom stereocenters. The summed E-state index contributed by atoms with van der Waals surface area (Å²) in [7, 11) is 2.01. The summed E-state index contributed by atoms with van der Waals surface area (Å²) in [6.45, 7) is 4.77. The number of carbonyl (C=O) groups excluding carboxylic acids is 2. The number of ether oxygens (including phenoxy) is 2. The predicted molar refractivity (Wildman–Crippen MR) is 151 cm³/mol. The Balaban J connectivity index is 1.25. The van der Waals surface area contributed by atoms with Crippen LogP contribution in [0.1, 0.15) is 70.8 Å². The molecule has 1 aliphatic rings. The van der Waals surface area contributed by atoms with Crippen LogP contribution in [0, 0.1) is 5.92 Å². The highest BCUT2D eigenvalue weighted by Gasteiger charge is 2.34. The van der Waals surface area contributed by atoms with Gasteiger partial charge < -0.3 is 19.7 Å². The fourth-order valence-electron chi connectivity index (χ4n) is 5.08. The minimum atomic E-state index is -0.396. The van der Waals surface area contributed by atoms with Gasteiger partial charge in [-0.1, -0.05) is 69.9 Å². The smallest absolute Gasteiger partial charge is 0.407 e. The number of rotatable bonds is 14. The van der Waals surface area contributed by atoms with E-state index in [9.17, 15) is 9.59 Å². The molecule has 1 fully saturated rings. The molecular formula is C30H41N5O4. The number of aromatic nitrogens is 3. The van der Waals surface area contributed by atoms with E-state index in [0.29, 0.717) is 12.3 Å². The van der Waals surface area contributed by atoms with Crippen molar-refractivity contribution in [3.8, 4) is 0 Å². The van der Waals surface area contributed by atoms with Crippen molar-refractivity contribution >= 4 is 28.9 Å². The number of nitrogens with zero attached hydrogens (tertiary/aromatic N) is 4. The Morgan fingerprint density at radius 3 is 2.64 bits per heavy atom. The number of amides is 1. The van der Waals surface area contributed by atoms with Crippen molar-refractivity contribution in [3.05, 3.63) is 54.5 Å². The number of anilines is 1. The van der Waals surface area contributed by atoms with Crippen LogP contribution in [0.15, 0.2) is 48.9 Å². The molecule has 1 N–H and O–H groups in total. The van der Waals surface area contributed by atoms with Crippen LogP contribution in [0.5, 0.6) is 0 Å². The van der Waals surface area contributed by atoms with Gasteiger partial charge in [-0.2, -0.15) is 0 Å². The number of nitrogens with one attached hydrogen (secondary N) is 1. The van der Waals surface area contributed by atoms with Gasteiger partial charge >= 0.3 is 12.1 Å². The number of carbonyl (C=O) groups is 2. The summed E-state index contributed by atoms with van der Waals surface area (Å²) in [5.41, 5.74) is 1.69. The fourth-order valence-corrected chi connectivity index (χ4v) is 5.08. The van der Waals surface area contributed by atoms with Crippen LogP contribution in [-0.4, -0.2) is 45.7 Å². The molecule has 210 valence electrons. The summed E-state index contributed by atoms with van der Waals surface area (Å²) in [5, 5.41) is 3.85. The highest BCUT2D eigenvalue weighted by atomic mass is 16.5. The van der Waals surface area contributed by atoms with E-state index >= 15 is 0 Å². The van der Waals surface area contributed by atoms with Crippen LogP contribution in [0.2, 0.25) is 0 Å². The first-order chi connectivity index (χ1) is 19.0. The van der Waals surface area contributed by atoms with E-state index in [0.717, 1.165) is 48.1 Å². The normalized spacial score (nSPS) is 17.3. The first-order valence-corrected chi connectivity index (χ1v) is 14.1. The van der Waals surface area contributed by atoms with Crippen LogP contribution in [0.3, 0.4) is 0 Å². The molecule has 1 aliphatic carbocycles. The Morgan fingerprint density at radius 1 is 1.10 bits per heavy atom. The molecule has 0 saturated heterocycles. The molecule has 0 bridgehead atoms. The van der Waals surface area contributed by atoms with Gasteiger partial charge in [-0.05, 0) is 36.8 Å². The minimum Gasteiger partial charge on any atom is -0.445 e. The Labute approximate surface area is 230 Å². The van der Waals surface area contributed by atoms with Crippen molar-refractivity contribution in [1.29, 1.82) is 0 Å². The van der Waals surface area contributed by atoms with Gasteiger partial charge in [0.05, 0.1) is 5.39 Å². The molecule has 9 nitrogen and oxygen atoms in total. The Hall–Kier alpha value is -3.62. The highest BCUT2D eigenvalue weighted by Crippen LogP contribution is 2.32. The van der Waals surface area contributed by atoms with Crippen molar-refractivity contribution in [1.82, 2.24) is 19.9 Å². The summed E-state index contributed by atoms with van der Waals surface area (Å²) in [6, 6.07) is 11.9. The van der Waals surface area contributed by atoms with E-state index in [1.54, 1.807) is 6.33 Å². The van der Waals surface area contributed by atoms with Gasteiger partial charge in [0.25, 0.3) is 0 Å². The highest BCUT2D eigenvalue weighted by molar-refractivity contribution is 5.88. The van der Waals surface area contributed by atoms with E-state index in [-0.39, 0.29) is 31.4 Å². The SMILES string of the molecule is CCCCC(CC)CCC(=O)OCn1ccc2c(N(C)C3CC(NC(=O)OCc4ccccc4)C3)ncnc21. The van der Waals surface area contributed by atoms with Crippen LogP contribution in [-0.2, 0) is 27.6 Å². The summed E-state index contributed by atoms with van der Waals surface area (Å²) in [4.78, 5) is 35.7. The number of esters is 1. The lowest BCUT2D eigenvalue weighted by atomic mass is 9.85. The standard InChI is InChI=1S/C30H41N5O4/c1-4-6-10-22(5-2)13-14-27(36)39-21-35-16-15-26-28(31-20-32-29(26)35)34(3)25-17-24(18-25)33-30(37)38-19-23-11-8-7-9-12-23/h7-9,11-12,15-16,20,22,24-25H,4-6,10,13-14,17-19,21H2,1-3H3,(H,33,37). The van der Waals surface area contributed by atoms with Crippen molar-refractivity contribution in [2.24, 2.45) is 5.92 Å². The number of unbranched alkanes of at least 4 members (excludes halogenated alkanes) is 1. The van der Waals surface area contributed by atoms with Gasteiger partial charge in [-0.15, -0.1) is 0 Å². The average Bonchev–Trinajstić information content (AvgIpc) is 3.36. The van der Waals surface area contributed by atoms with Crippen LogP contribution < -0.4 is 10.2 Å². The summed E-state index contributed by atoms with van der Waals surface area (Å²) in [6.07, 6.45) is 10.6. The van der Waals surface area contributed by atoms with Gasteiger partial charge in [0.1, 0.15) is 24.4 Å². The van der Waals surface area contributed by atoms with E-state index < -0.39 is 6.09 Å². The fraction of sp³-hybridized carbons (Fsp3) is 0.533. The van der Waals surface area contributed by atoms with Gasteiger partial charge in [0.15, 0.2) is 6.73 Å². The third-order valence-electron chi connectivity index (χ3n) is 7.73. The molecule has 1 aromatic carbocycles. The largest absolute Gasteiger partial charge is 0.445 e. The van der Waals surface area contributed by atoms with Crippen LogP contribution in [0.4, 0.5) is 10.6 Å². The molecule has 0 radical (unpaired) electrons. The maximum Gasteiger partial charge on any atom is 0.407 e. The summed E-state index contributed by atoms with van der Waals surface area (Å²) in [5.74, 6) is 1.23. The molecule has 39 heavy (non-hydrogen) atoms. The van der Waals surface area contributed by atoms with E-state index in [1.165, 1.54) is 19.3 Å². The summed E-state index contributed by atoms with van der Waals surface area (Å²) < 4.78 is 12.8. The number of hydrogen-bond donors (Lipinski definition) is 1. The third-order valence-corrected chi connectivity index (χ3v) is 7.73. The topological polar surface area (TPSA) is 98.6 Å². The van der Waals surface area contributed by atoms with E-state index in [2.05, 4.69) is 34.0 Å². The number of fused-ring (bicyclic) bond motifs is 1. The van der Waals surface area contributed by atoms with Gasteiger partial charge in [-0.25, -0.2) is 14.8 Å². The average molecular weight is 536 g/mol. The predicted octanol–water partition coefficient (Wildman–Crippen LogP) is 5.82. The second-order valence-corrected chi connectivity index (χ2v) is 10.5. The Morgan fingerprint density at radius 2 is 1.90 bits per heavy atom. The zero-order chi connectivity index (χ0) is 27.6. The maximum absolute atomic E-state index is 12.4. The maximum atomic E-state index is 12.4. The minimum absolute atomic E-state index is 0.0661. The molecule has 3 aromatic rings. The molecular weight excluding hydrogens is 494 g/mol. The van der Waals surface area contributed by atoms with Crippen LogP contribution >= 0.6 is 0 Å². The number of benzene rings is 1. The lowest BCUT2D eigenvalue weighted by Crippen LogP contribution is -2.53. The van der Waals surface area contributed by atoms with E-state index in [1.807, 2.05) is 54.2 Å². The lowest BCUT2D eigenvalue weighted by molar-refractivity contribution is -0.147. The first-order valence-electron chi connectivity index (χ1n) is 14.1. The first kappa shape index (κ1) is 28.4. The molecule has 9 heteroatoms. The van der Waals surface area contributed by atoms with Crippen molar-refractivity contribution < 1.29 is 19.1 Å². The van der Waals surface area contributed by atoms with E-state index in [4.69, 9.17) is 9.47 Å². The zero-order valence-electron chi connectivity index (χ0n) is 23.3. The van der Waals surface area contributed by atoms with Crippen LogP contribution in [0.25, 0.3) is 11.0 Å². The Bertz CT molecular complexity index is 1210. The molecule has 1 unspecified atom stereocenters. The molecule has 1 saturated carbocycles.